The Bertz CT molecular complexity index is 57.5. The van der Waals surface area contributed by atoms with Crippen LogP contribution in [0.2, 0.25) is 0 Å². The normalized spacial score (nSPS) is 2.40. The van der Waals surface area contributed by atoms with Gasteiger partial charge in [0, 0.05) is 0 Å². The van der Waals surface area contributed by atoms with Gasteiger partial charge in [0.15, 0.2) is 0 Å². The zero-order valence-electron chi connectivity index (χ0n) is 7.18. The molecule has 0 aliphatic heterocycles. The molecule has 48 valence electrons. The van der Waals surface area contributed by atoms with Gasteiger partial charge >= 0.3 is 103 Å². The molecule has 0 aromatic carbocycles. The van der Waals surface area contributed by atoms with Crippen molar-refractivity contribution < 1.29 is 56.3 Å². The summed E-state index contributed by atoms with van der Waals surface area (Å²) in [5.41, 5.74) is 0. The molecule has 0 unspecified atom stereocenters. The van der Waals surface area contributed by atoms with Gasteiger partial charge in [-0.3, -0.25) is 0 Å². The summed E-state index contributed by atoms with van der Waals surface area (Å²) in [6, 6.07) is 0. The van der Waals surface area contributed by atoms with Gasteiger partial charge in [0.1, 0.15) is 0 Å². The first kappa shape index (κ1) is 22.5. The van der Waals surface area contributed by atoms with Gasteiger partial charge in [0.05, 0.1) is 0 Å². The van der Waals surface area contributed by atoms with E-state index >= 15 is 0 Å². The van der Waals surface area contributed by atoms with Crippen LogP contribution >= 0.6 is 0 Å². The van der Waals surface area contributed by atoms with Crippen LogP contribution in [-0.4, -0.2) is 46.5 Å². The van der Waals surface area contributed by atoms with Crippen LogP contribution < -0.4 is 42.0 Å². The van der Waals surface area contributed by atoms with Crippen molar-refractivity contribution in [2.24, 2.45) is 0 Å². The molecule has 0 rings (SSSR count). The van der Waals surface area contributed by atoms with E-state index in [1.54, 1.807) is 0 Å². The second kappa shape index (κ2) is 47.5. The van der Waals surface area contributed by atoms with Crippen LogP contribution in [0.25, 0.3) is 0 Å². The molecule has 0 fully saturated rings. The fourth-order valence-corrected chi connectivity index (χ4v) is 0. The van der Waals surface area contributed by atoms with Crippen molar-refractivity contribution in [1.29, 1.82) is 0 Å². The van der Waals surface area contributed by atoms with Gasteiger partial charge in [-0.2, -0.15) is 0 Å². The number of hydrogen-bond donors (Lipinski definition) is 0. The van der Waals surface area contributed by atoms with Crippen LogP contribution in [0.15, 0.2) is 0 Å². The molecular formula is H2Al3NaO6. The van der Waals surface area contributed by atoms with Crippen molar-refractivity contribution in [3.8, 4) is 0 Å². The first-order valence-electron chi connectivity index (χ1n) is 1.41. The van der Waals surface area contributed by atoms with Gasteiger partial charge < -0.3 is 0 Å². The third kappa shape index (κ3) is 339. The van der Waals surface area contributed by atoms with Gasteiger partial charge in [-0.25, -0.2) is 0 Å². The van der Waals surface area contributed by atoms with Gasteiger partial charge in [-0.05, 0) is 0 Å². The molecule has 0 saturated carbocycles. The summed E-state index contributed by atoms with van der Waals surface area (Å²) in [4.78, 5) is 0. The molecule has 6 nitrogen and oxygen atoms in total. The Morgan fingerprint density at radius 2 is 0.800 bits per heavy atom. The van der Waals surface area contributed by atoms with Gasteiger partial charge in [-0.1, -0.05) is 0 Å². The first-order valence-corrected chi connectivity index (χ1v) is 4.24. The number of hydrogen-bond acceptors (Lipinski definition) is 6. The molecular weight excluding hydrogens is 200 g/mol. The molecule has 0 amide bonds. The topological polar surface area (TPSA) is 120 Å². The second-order valence-corrected chi connectivity index (χ2v) is 0.866. The summed E-state index contributed by atoms with van der Waals surface area (Å²) in [6.45, 7) is 0. The van der Waals surface area contributed by atoms with Gasteiger partial charge in [0.25, 0.3) is 0 Å². The van der Waals surface area contributed by atoms with Crippen molar-refractivity contribution in [2.45, 2.75) is 0 Å². The third-order valence-electron chi connectivity index (χ3n) is 0. The minimum atomic E-state index is -1.75. The van der Waals surface area contributed by atoms with E-state index in [1.165, 1.54) is 0 Å². The van der Waals surface area contributed by atoms with E-state index in [9.17, 15) is 0 Å². The SMILES string of the molecule is [H+].[H+].[Na+].[O]=[Al][O-].[O]=[Al][O-].[O]=[Al][O-]. The van der Waals surface area contributed by atoms with Gasteiger partial charge in [0.2, 0.25) is 0 Å². The summed E-state index contributed by atoms with van der Waals surface area (Å²) in [6.07, 6.45) is 0. The summed E-state index contributed by atoms with van der Waals surface area (Å²) >= 11 is -5.25. The Morgan fingerprint density at radius 1 is 0.800 bits per heavy atom. The Balaban J connectivity index is -0.00000001000. The monoisotopic (exact) mass is 202 g/mol. The summed E-state index contributed by atoms with van der Waals surface area (Å²) < 4.78 is 50.8. The van der Waals surface area contributed by atoms with Crippen molar-refractivity contribution in [3.63, 3.8) is 0 Å². The van der Waals surface area contributed by atoms with E-state index in [1.807, 2.05) is 0 Å². The summed E-state index contributed by atoms with van der Waals surface area (Å²) in [5.74, 6) is 0. The second-order valence-electron chi connectivity index (χ2n) is 0.289. The van der Waals surface area contributed by atoms with Crippen molar-refractivity contribution in [2.75, 3.05) is 0 Å². The molecule has 0 spiro atoms. The average Bonchev–Trinajstić information content (AvgIpc) is 1.70. The predicted molar refractivity (Wildman–Crippen MR) is 21.5 cm³/mol. The molecule has 10 heavy (non-hydrogen) atoms. The van der Waals surface area contributed by atoms with Crippen LogP contribution in [0, 0.1) is 0 Å². The van der Waals surface area contributed by atoms with E-state index in [-0.39, 0.29) is 32.4 Å². The van der Waals surface area contributed by atoms with Crippen LogP contribution in [0.1, 0.15) is 2.85 Å². The minimum absolute atomic E-state index is 0. The zero-order valence-corrected chi connectivity index (χ0v) is 10.6. The van der Waals surface area contributed by atoms with Crippen LogP contribution in [0.3, 0.4) is 0 Å². The van der Waals surface area contributed by atoms with Crippen LogP contribution in [-0.2, 0) is 11.4 Å². The molecule has 0 saturated heterocycles. The Labute approximate surface area is 102 Å². The Hall–Kier alpha value is 1.40. The number of rotatable bonds is 0. The molecule has 0 aromatic rings. The van der Waals surface area contributed by atoms with E-state index < -0.39 is 46.5 Å². The molecule has 0 aliphatic carbocycles. The molecule has 10 heteroatoms. The quantitative estimate of drug-likeness (QED) is 0.359. The van der Waals surface area contributed by atoms with E-state index in [0.29, 0.717) is 0 Å². The van der Waals surface area contributed by atoms with Crippen molar-refractivity contribution in [3.05, 3.63) is 0 Å². The first-order chi connectivity index (χ1) is 4.24. The Kier molecular flexibility index (Phi) is 107. The molecule has 0 heterocycles. The predicted octanol–water partition coefficient (Wildman–Crippen LogP) is -7.84. The summed E-state index contributed by atoms with van der Waals surface area (Å²) in [7, 11) is 0. The molecule has 0 aliphatic rings. The molecule has 0 radical (unpaired) electrons. The maximum atomic E-state index is 8.46. The molecule has 0 aromatic heterocycles. The standard InChI is InChI=1S/3Al.Na.6O/q;;;+1;;;;3*-1/p+2. The fraction of sp³-hybridized carbons (Fsp3) is 0. The van der Waals surface area contributed by atoms with Crippen LogP contribution in [0.4, 0.5) is 0 Å². The van der Waals surface area contributed by atoms with E-state index in [2.05, 4.69) is 0 Å². The summed E-state index contributed by atoms with van der Waals surface area (Å²) in [5, 5.41) is 0. The molecule has 0 N–H and O–H groups in total. The third-order valence-corrected chi connectivity index (χ3v) is 0. The average molecular weight is 202 g/mol. The maximum absolute atomic E-state index is 8.46. The van der Waals surface area contributed by atoms with E-state index in [4.69, 9.17) is 23.9 Å². The van der Waals surface area contributed by atoms with Crippen LogP contribution in [0.5, 0.6) is 0 Å². The van der Waals surface area contributed by atoms with Crippen molar-refractivity contribution >= 4 is 46.5 Å². The van der Waals surface area contributed by atoms with Crippen molar-refractivity contribution in [1.82, 2.24) is 0 Å². The Morgan fingerprint density at radius 3 is 0.800 bits per heavy atom. The van der Waals surface area contributed by atoms with E-state index in [0.717, 1.165) is 0 Å². The van der Waals surface area contributed by atoms with Gasteiger partial charge in [-0.15, -0.1) is 0 Å². The zero-order chi connectivity index (χ0) is 8.12. The molecule has 0 bridgehead atoms. The fourth-order valence-electron chi connectivity index (χ4n) is 0. The molecule has 0 atom stereocenters.